The van der Waals surface area contributed by atoms with E-state index in [-0.39, 0.29) is 11.8 Å². The van der Waals surface area contributed by atoms with E-state index in [1.54, 1.807) is 0 Å². The van der Waals surface area contributed by atoms with Gasteiger partial charge >= 0.3 is 0 Å². The van der Waals surface area contributed by atoms with Crippen molar-refractivity contribution in [1.29, 1.82) is 0 Å². The topological polar surface area (TPSA) is 78.3 Å². The van der Waals surface area contributed by atoms with Crippen LogP contribution in [0.15, 0.2) is 47.6 Å². The number of carbonyl (C=O) groups excluding carboxylic acids is 2. The van der Waals surface area contributed by atoms with Crippen molar-refractivity contribution in [1.82, 2.24) is 14.8 Å². The number of likely N-dealkylation sites (tertiary alicyclic amines) is 1. The Bertz CT molecular complexity index is 1200. The highest BCUT2D eigenvalue weighted by Crippen LogP contribution is 2.46. The standard InChI is InChI=1S/C28H31N5O3/c34-26(22-5-6-22)32-16-19(17-32)18-33-25(30-28(9-10-28)27(33)35)21-3-1-20(2-4-21)23-7-8-24(29-15-23)31-11-13-36-14-12-31/h1-4,7-8,15,19,22H,5-6,9-14,16-18H2. The summed E-state index contributed by atoms with van der Waals surface area (Å²) in [5, 5.41) is 0. The summed E-state index contributed by atoms with van der Waals surface area (Å²) in [4.78, 5) is 41.2. The number of ether oxygens (including phenoxy) is 1. The summed E-state index contributed by atoms with van der Waals surface area (Å²) in [5.41, 5.74) is 2.60. The minimum absolute atomic E-state index is 0.136. The van der Waals surface area contributed by atoms with Crippen LogP contribution in [0.25, 0.3) is 11.1 Å². The number of hydrogen-bond donors (Lipinski definition) is 0. The van der Waals surface area contributed by atoms with Crippen LogP contribution in [0.4, 0.5) is 5.82 Å². The Hall–Kier alpha value is -3.26. The third-order valence-electron chi connectivity index (χ3n) is 8.14. The lowest BCUT2D eigenvalue weighted by Gasteiger charge is -2.41. The summed E-state index contributed by atoms with van der Waals surface area (Å²) in [5.74, 6) is 2.79. The molecule has 0 atom stereocenters. The lowest BCUT2D eigenvalue weighted by Crippen LogP contribution is -2.55. The SMILES string of the molecule is O=C(C1CC1)N1CC(CN2C(=O)C3(CC3)N=C2c2ccc(-c3ccc(N4CCOCC4)nc3)cc2)C1. The van der Waals surface area contributed by atoms with Gasteiger partial charge in [0, 0.05) is 61.9 Å². The van der Waals surface area contributed by atoms with E-state index in [4.69, 9.17) is 9.73 Å². The van der Waals surface area contributed by atoms with Gasteiger partial charge in [0.1, 0.15) is 17.2 Å². The predicted molar refractivity (Wildman–Crippen MR) is 136 cm³/mol. The number of benzene rings is 1. The molecule has 1 aromatic carbocycles. The largest absolute Gasteiger partial charge is 0.378 e. The van der Waals surface area contributed by atoms with E-state index in [0.29, 0.717) is 18.4 Å². The first-order valence-electron chi connectivity index (χ1n) is 13.2. The maximum Gasteiger partial charge on any atom is 0.256 e. The number of carbonyl (C=O) groups is 2. The Morgan fingerprint density at radius 2 is 1.67 bits per heavy atom. The minimum atomic E-state index is -0.527. The van der Waals surface area contributed by atoms with Gasteiger partial charge in [-0.1, -0.05) is 24.3 Å². The van der Waals surface area contributed by atoms with Crippen molar-refractivity contribution < 1.29 is 14.3 Å². The molecule has 0 bridgehead atoms. The monoisotopic (exact) mass is 485 g/mol. The van der Waals surface area contributed by atoms with Gasteiger partial charge in [-0.15, -0.1) is 0 Å². The molecule has 8 heteroatoms. The van der Waals surface area contributed by atoms with Crippen molar-refractivity contribution in [2.75, 3.05) is 50.8 Å². The highest BCUT2D eigenvalue weighted by atomic mass is 16.5. The van der Waals surface area contributed by atoms with Gasteiger partial charge < -0.3 is 14.5 Å². The van der Waals surface area contributed by atoms with Crippen molar-refractivity contribution in [2.24, 2.45) is 16.8 Å². The Balaban J connectivity index is 1.05. The number of rotatable bonds is 6. The van der Waals surface area contributed by atoms with Crippen LogP contribution in [0, 0.1) is 11.8 Å². The molecule has 2 amide bonds. The molecule has 8 nitrogen and oxygen atoms in total. The van der Waals surface area contributed by atoms with Crippen molar-refractivity contribution in [3.8, 4) is 11.1 Å². The fourth-order valence-electron chi connectivity index (χ4n) is 5.55. The van der Waals surface area contributed by atoms with Gasteiger partial charge in [0.05, 0.1) is 13.2 Å². The number of amidine groups is 1. The van der Waals surface area contributed by atoms with Crippen LogP contribution in [-0.2, 0) is 14.3 Å². The Kier molecular flexibility index (Phi) is 5.13. The predicted octanol–water partition coefficient (Wildman–Crippen LogP) is 2.58. The molecule has 0 radical (unpaired) electrons. The van der Waals surface area contributed by atoms with Gasteiger partial charge in [-0.25, -0.2) is 4.98 Å². The molecule has 186 valence electrons. The number of pyridine rings is 1. The van der Waals surface area contributed by atoms with E-state index < -0.39 is 5.54 Å². The van der Waals surface area contributed by atoms with Gasteiger partial charge in [0.25, 0.3) is 5.91 Å². The molecule has 1 spiro atoms. The lowest BCUT2D eigenvalue weighted by molar-refractivity contribution is -0.139. The average Bonchev–Trinajstić information content (AvgIpc) is 3.82. The second-order valence-corrected chi connectivity index (χ2v) is 10.8. The van der Waals surface area contributed by atoms with Crippen LogP contribution in [0.3, 0.4) is 0 Å². The number of nitrogens with zero attached hydrogens (tertiary/aromatic N) is 5. The van der Waals surface area contributed by atoms with E-state index in [1.807, 2.05) is 16.0 Å². The molecular formula is C28H31N5O3. The van der Waals surface area contributed by atoms with Crippen molar-refractivity contribution >= 4 is 23.5 Å². The molecule has 2 saturated heterocycles. The molecule has 36 heavy (non-hydrogen) atoms. The quantitative estimate of drug-likeness (QED) is 0.629. The van der Waals surface area contributed by atoms with Crippen LogP contribution < -0.4 is 4.90 Å². The van der Waals surface area contributed by atoms with Gasteiger partial charge in [-0.05, 0) is 43.4 Å². The number of amides is 2. The summed E-state index contributed by atoms with van der Waals surface area (Å²) in [6, 6.07) is 12.5. The van der Waals surface area contributed by atoms with Crippen LogP contribution in [0.1, 0.15) is 31.2 Å². The van der Waals surface area contributed by atoms with Crippen molar-refractivity contribution in [3.05, 3.63) is 48.2 Å². The summed E-state index contributed by atoms with van der Waals surface area (Å²) in [6.07, 6.45) is 5.67. The zero-order chi connectivity index (χ0) is 24.3. The molecular weight excluding hydrogens is 454 g/mol. The Morgan fingerprint density at radius 1 is 0.972 bits per heavy atom. The molecule has 0 unspecified atom stereocenters. The number of anilines is 1. The third kappa shape index (κ3) is 3.88. The summed E-state index contributed by atoms with van der Waals surface area (Å²) in [6.45, 7) is 5.38. The molecule has 1 aromatic heterocycles. The van der Waals surface area contributed by atoms with Crippen LogP contribution in [0.2, 0.25) is 0 Å². The molecule has 2 aliphatic carbocycles. The average molecular weight is 486 g/mol. The first-order chi connectivity index (χ1) is 17.6. The van der Waals surface area contributed by atoms with Gasteiger partial charge in [-0.3, -0.25) is 19.5 Å². The molecule has 7 rings (SSSR count). The van der Waals surface area contributed by atoms with E-state index >= 15 is 0 Å². The lowest BCUT2D eigenvalue weighted by atomic mass is 9.98. The maximum absolute atomic E-state index is 13.2. The normalized spacial score (nSPS) is 23.2. The summed E-state index contributed by atoms with van der Waals surface area (Å²) < 4.78 is 5.43. The molecule has 2 aromatic rings. The van der Waals surface area contributed by atoms with Gasteiger partial charge in [0.2, 0.25) is 5.91 Å². The third-order valence-corrected chi connectivity index (χ3v) is 8.14. The Morgan fingerprint density at radius 3 is 2.31 bits per heavy atom. The number of morpholine rings is 1. The van der Waals surface area contributed by atoms with E-state index in [2.05, 4.69) is 46.3 Å². The molecule has 4 heterocycles. The zero-order valence-corrected chi connectivity index (χ0v) is 20.4. The van der Waals surface area contributed by atoms with Crippen LogP contribution >= 0.6 is 0 Å². The first-order valence-corrected chi connectivity index (χ1v) is 13.2. The number of aromatic nitrogens is 1. The van der Waals surface area contributed by atoms with E-state index in [1.165, 1.54) is 0 Å². The summed E-state index contributed by atoms with van der Waals surface area (Å²) >= 11 is 0. The van der Waals surface area contributed by atoms with Crippen molar-refractivity contribution in [2.45, 2.75) is 31.2 Å². The fraction of sp³-hybridized carbons (Fsp3) is 0.500. The smallest absolute Gasteiger partial charge is 0.256 e. The molecule has 0 N–H and O–H groups in total. The van der Waals surface area contributed by atoms with Gasteiger partial charge in [0.15, 0.2) is 0 Å². The van der Waals surface area contributed by atoms with Crippen LogP contribution in [0.5, 0.6) is 0 Å². The molecule has 2 saturated carbocycles. The summed E-state index contributed by atoms with van der Waals surface area (Å²) in [7, 11) is 0. The number of aliphatic imine (C=N–C) groups is 1. The fourth-order valence-corrected chi connectivity index (χ4v) is 5.55. The second kappa shape index (κ2) is 8.40. The number of hydrogen-bond acceptors (Lipinski definition) is 6. The second-order valence-electron chi connectivity index (χ2n) is 10.8. The zero-order valence-electron chi connectivity index (χ0n) is 20.4. The maximum atomic E-state index is 13.2. The van der Waals surface area contributed by atoms with E-state index in [9.17, 15) is 9.59 Å². The van der Waals surface area contributed by atoms with E-state index in [0.717, 1.165) is 93.4 Å². The first kappa shape index (κ1) is 22.0. The van der Waals surface area contributed by atoms with Crippen LogP contribution in [-0.4, -0.2) is 83.9 Å². The molecule has 5 aliphatic rings. The van der Waals surface area contributed by atoms with Crippen molar-refractivity contribution in [3.63, 3.8) is 0 Å². The highest BCUT2D eigenvalue weighted by Gasteiger charge is 2.57. The Labute approximate surface area is 210 Å². The molecule has 3 aliphatic heterocycles. The highest BCUT2D eigenvalue weighted by molar-refractivity contribution is 6.16. The minimum Gasteiger partial charge on any atom is -0.378 e. The molecule has 4 fully saturated rings. The van der Waals surface area contributed by atoms with Gasteiger partial charge in [-0.2, -0.15) is 0 Å².